The third-order valence-corrected chi connectivity index (χ3v) is 6.46. The number of fused-ring (bicyclic) bond motifs is 1. The first-order valence-electron chi connectivity index (χ1n) is 9.67. The first kappa shape index (κ1) is 21.8. The number of ether oxygens (including phenoxy) is 2. The van der Waals surface area contributed by atoms with Gasteiger partial charge in [0.2, 0.25) is 5.91 Å². The zero-order valence-corrected chi connectivity index (χ0v) is 19.2. The van der Waals surface area contributed by atoms with Gasteiger partial charge in [-0.2, -0.15) is 0 Å². The lowest BCUT2D eigenvalue weighted by Gasteiger charge is -2.11. The summed E-state index contributed by atoms with van der Waals surface area (Å²) in [5.74, 6) is 1.90. The van der Waals surface area contributed by atoms with Crippen LogP contribution in [0.15, 0.2) is 60.3 Å². The molecule has 1 N–H and O–H groups in total. The van der Waals surface area contributed by atoms with Crippen LogP contribution in [0.3, 0.4) is 0 Å². The Morgan fingerprint density at radius 3 is 2.75 bits per heavy atom. The quantitative estimate of drug-likeness (QED) is 0.286. The van der Waals surface area contributed by atoms with Gasteiger partial charge in [0.25, 0.3) is 0 Å². The average molecular weight is 468 g/mol. The molecule has 0 radical (unpaired) electrons. The van der Waals surface area contributed by atoms with E-state index in [-0.39, 0.29) is 11.7 Å². The lowest BCUT2D eigenvalue weighted by molar-refractivity contribution is -0.113. The van der Waals surface area contributed by atoms with Crippen LogP contribution in [0.2, 0.25) is 0 Å². The van der Waals surface area contributed by atoms with Gasteiger partial charge in [-0.3, -0.25) is 9.36 Å². The molecule has 2 heterocycles. The first-order chi connectivity index (χ1) is 15.6. The molecule has 2 aromatic heterocycles. The largest absolute Gasteiger partial charge is 0.493 e. The second-order valence-corrected chi connectivity index (χ2v) is 8.57. The van der Waals surface area contributed by atoms with E-state index in [4.69, 9.17) is 9.47 Å². The molecule has 0 spiro atoms. The van der Waals surface area contributed by atoms with Gasteiger partial charge in [-0.15, -0.1) is 16.8 Å². The van der Waals surface area contributed by atoms with Crippen molar-refractivity contribution in [2.24, 2.45) is 0 Å². The van der Waals surface area contributed by atoms with Crippen LogP contribution in [0.5, 0.6) is 11.5 Å². The minimum absolute atomic E-state index is 0.158. The molecule has 1 amide bonds. The highest BCUT2D eigenvalue weighted by Gasteiger charge is 2.17. The van der Waals surface area contributed by atoms with Gasteiger partial charge in [-0.05, 0) is 30.3 Å². The number of rotatable bonds is 9. The summed E-state index contributed by atoms with van der Waals surface area (Å²) >= 11 is 2.75. The zero-order valence-electron chi connectivity index (χ0n) is 17.6. The van der Waals surface area contributed by atoms with Crippen molar-refractivity contribution in [1.82, 2.24) is 19.7 Å². The molecule has 2 aromatic carbocycles. The van der Waals surface area contributed by atoms with E-state index in [9.17, 15) is 4.79 Å². The fourth-order valence-electron chi connectivity index (χ4n) is 3.09. The third kappa shape index (κ3) is 4.61. The number of anilines is 1. The van der Waals surface area contributed by atoms with Gasteiger partial charge >= 0.3 is 0 Å². The molecule has 0 saturated carbocycles. The molecule has 4 aromatic rings. The molecule has 0 aliphatic rings. The lowest BCUT2D eigenvalue weighted by Crippen LogP contribution is -2.14. The predicted octanol–water partition coefficient (Wildman–Crippen LogP) is 4.49. The number of hydrogen-bond donors (Lipinski definition) is 1. The van der Waals surface area contributed by atoms with Crippen molar-refractivity contribution in [3.63, 3.8) is 0 Å². The SMILES string of the molecule is C=CCn1c(SCC(=O)Nc2nc3ccccc3s2)nnc1-c1ccc(OC)c(OC)c1. The minimum atomic E-state index is -0.158. The number of benzene rings is 2. The van der Waals surface area contributed by atoms with Crippen LogP contribution in [0, 0.1) is 0 Å². The zero-order chi connectivity index (χ0) is 22.5. The Kier molecular flexibility index (Phi) is 6.72. The van der Waals surface area contributed by atoms with Crippen LogP contribution < -0.4 is 14.8 Å². The minimum Gasteiger partial charge on any atom is -0.493 e. The van der Waals surface area contributed by atoms with Crippen LogP contribution in [0.25, 0.3) is 21.6 Å². The van der Waals surface area contributed by atoms with Gasteiger partial charge in [0.05, 0.1) is 30.2 Å². The highest BCUT2D eigenvalue weighted by Crippen LogP contribution is 2.33. The molecule has 0 aliphatic carbocycles. The van der Waals surface area contributed by atoms with E-state index in [2.05, 4.69) is 27.1 Å². The number of carbonyl (C=O) groups excluding carboxylic acids is 1. The standard InChI is InChI=1S/C22H21N5O3S2/c1-4-11-27-20(14-9-10-16(29-2)17(12-14)30-3)25-26-22(27)31-13-19(28)24-21-23-15-7-5-6-8-18(15)32-21/h4-10,12H,1,11,13H2,2-3H3,(H,23,24,28). The molecule has 0 fully saturated rings. The highest BCUT2D eigenvalue weighted by atomic mass is 32.2. The number of nitrogens with zero attached hydrogens (tertiary/aromatic N) is 4. The number of allylic oxidation sites excluding steroid dienone is 1. The Hall–Kier alpha value is -3.37. The fourth-order valence-corrected chi connectivity index (χ4v) is 4.72. The van der Waals surface area contributed by atoms with Crippen molar-refractivity contribution < 1.29 is 14.3 Å². The molecular weight excluding hydrogens is 446 g/mol. The maximum absolute atomic E-state index is 12.5. The van der Waals surface area contributed by atoms with Crippen molar-refractivity contribution in [1.29, 1.82) is 0 Å². The predicted molar refractivity (Wildman–Crippen MR) is 128 cm³/mol. The molecule has 0 saturated heterocycles. The summed E-state index contributed by atoms with van der Waals surface area (Å²) in [7, 11) is 3.17. The summed E-state index contributed by atoms with van der Waals surface area (Å²) in [5.41, 5.74) is 1.69. The van der Waals surface area contributed by atoms with Crippen molar-refractivity contribution in [3.05, 3.63) is 55.1 Å². The van der Waals surface area contributed by atoms with Crippen molar-refractivity contribution in [2.45, 2.75) is 11.7 Å². The molecule has 4 rings (SSSR count). The van der Waals surface area contributed by atoms with Crippen LogP contribution in [-0.4, -0.2) is 45.6 Å². The van der Waals surface area contributed by atoms with Crippen LogP contribution in [-0.2, 0) is 11.3 Å². The van der Waals surface area contributed by atoms with Crippen molar-refractivity contribution in [3.8, 4) is 22.9 Å². The summed E-state index contributed by atoms with van der Waals surface area (Å²) in [5, 5.41) is 12.7. The van der Waals surface area contributed by atoms with E-state index in [0.717, 1.165) is 15.8 Å². The maximum atomic E-state index is 12.5. The average Bonchev–Trinajstić information content (AvgIpc) is 3.40. The second-order valence-electron chi connectivity index (χ2n) is 6.60. The van der Waals surface area contributed by atoms with Crippen LogP contribution in [0.4, 0.5) is 5.13 Å². The van der Waals surface area contributed by atoms with E-state index in [1.54, 1.807) is 20.3 Å². The number of aromatic nitrogens is 4. The number of para-hydroxylation sites is 1. The Labute approximate surface area is 193 Å². The number of methoxy groups -OCH3 is 2. The van der Waals surface area contributed by atoms with Gasteiger partial charge in [0.15, 0.2) is 27.6 Å². The van der Waals surface area contributed by atoms with Gasteiger partial charge in [-0.1, -0.05) is 41.3 Å². The Morgan fingerprint density at radius 2 is 2.00 bits per heavy atom. The normalized spacial score (nSPS) is 10.8. The molecule has 164 valence electrons. The second kappa shape index (κ2) is 9.84. The number of thiazole rings is 1. The number of nitrogens with one attached hydrogen (secondary N) is 1. The van der Waals surface area contributed by atoms with E-state index < -0.39 is 0 Å². The number of amides is 1. The van der Waals surface area contributed by atoms with Crippen LogP contribution >= 0.6 is 23.1 Å². The smallest absolute Gasteiger partial charge is 0.236 e. The van der Waals surface area contributed by atoms with Gasteiger partial charge in [0, 0.05) is 12.1 Å². The molecule has 0 aliphatic heterocycles. The summed E-state index contributed by atoms with van der Waals surface area (Å²) in [4.78, 5) is 16.9. The molecule has 8 nitrogen and oxygen atoms in total. The maximum Gasteiger partial charge on any atom is 0.236 e. The summed E-state index contributed by atoms with van der Waals surface area (Å²) in [6, 6.07) is 13.3. The summed E-state index contributed by atoms with van der Waals surface area (Å²) in [6.45, 7) is 4.33. The molecule has 32 heavy (non-hydrogen) atoms. The van der Waals surface area contributed by atoms with Crippen LogP contribution in [0.1, 0.15) is 0 Å². The number of hydrogen-bond acceptors (Lipinski definition) is 8. The number of carbonyl (C=O) groups is 1. The van der Waals surface area contributed by atoms with E-state index in [1.807, 2.05) is 47.0 Å². The third-order valence-electron chi connectivity index (χ3n) is 4.54. The monoisotopic (exact) mass is 467 g/mol. The topological polar surface area (TPSA) is 91.2 Å². The molecule has 0 unspecified atom stereocenters. The Morgan fingerprint density at radius 1 is 1.19 bits per heavy atom. The Bertz CT molecular complexity index is 1230. The molecule has 0 bridgehead atoms. The Balaban J connectivity index is 1.49. The van der Waals surface area contributed by atoms with Gasteiger partial charge < -0.3 is 14.8 Å². The van der Waals surface area contributed by atoms with E-state index in [0.29, 0.717) is 34.2 Å². The summed E-state index contributed by atoms with van der Waals surface area (Å²) < 4.78 is 13.6. The first-order valence-corrected chi connectivity index (χ1v) is 11.5. The molecule has 0 atom stereocenters. The van der Waals surface area contributed by atoms with Gasteiger partial charge in [0.1, 0.15) is 0 Å². The molecular formula is C22H21N5O3S2. The van der Waals surface area contributed by atoms with Gasteiger partial charge in [-0.25, -0.2) is 4.98 Å². The summed E-state index contributed by atoms with van der Waals surface area (Å²) in [6.07, 6.45) is 1.76. The lowest BCUT2D eigenvalue weighted by atomic mass is 10.2. The van der Waals surface area contributed by atoms with Crippen molar-refractivity contribution in [2.75, 3.05) is 25.3 Å². The number of thioether (sulfide) groups is 1. The molecule has 10 heteroatoms. The van der Waals surface area contributed by atoms with Crippen molar-refractivity contribution >= 4 is 44.4 Å². The van der Waals surface area contributed by atoms with E-state index >= 15 is 0 Å². The fraction of sp³-hybridized carbons (Fsp3) is 0.182. The highest BCUT2D eigenvalue weighted by molar-refractivity contribution is 7.99. The van der Waals surface area contributed by atoms with E-state index in [1.165, 1.54) is 23.1 Å².